The number of methoxy groups -OCH3 is 2. The van der Waals surface area contributed by atoms with Gasteiger partial charge in [-0.15, -0.1) is 19.9 Å². The summed E-state index contributed by atoms with van der Waals surface area (Å²) in [5, 5.41) is 0. The maximum Gasteiger partial charge on any atom is 0.188 e. The third kappa shape index (κ3) is 10.9. The van der Waals surface area contributed by atoms with E-state index in [4.69, 9.17) is 28.4 Å². The van der Waals surface area contributed by atoms with Crippen LogP contribution in [0.5, 0.6) is 23.0 Å². The standard InChI is InChI=1S/C35H41F5O6S/c1-41-25-45-29-14-12-27(13-15-29)33-24-44-34-23-31(46-26-42-2)16-17-32(34)35(33)28-10-9-11-30(22-28)43-19-6-4-8-21-47(37,38,39,40)20-7-3-5-18-36/h9-17,22-23,33,35H,3-4,6-8,19-21,24-26H2,1-2H3. The molecule has 0 saturated carbocycles. The van der Waals surface area contributed by atoms with Crippen molar-refractivity contribution in [2.45, 2.75) is 43.9 Å². The van der Waals surface area contributed by atoms with E-state index in [1.165, 1.54) is 0 Å². The summed E-state index contributed by atoms with van der Waals surface area (Å²) >= 11 is 0. The molecule has 3 aromatic rings. The third-order valence-corrected chi connectivity index (χ3v) is 10.2. The van der Waals surface area contributed by atoms with Gasteiger partial charge in [0.25, 0.3) is 0 Å². The Morgan fingerprint density at radius 2 is 1.43 bits per heavy atom. The molecule has 0 radical (unpaired) electrons. The van der Waals surface area contributed by atoms with E-state index in [-0.39, 0.29) is 51.3 Å². The molecule has 2 unspecified atom stereocenters. The minimum Gasteiger partial charge on any atom is -0.494 e. The number of unbranched alkanes of at least 4 members (excludes halogenated alkanes) is 3. The van der Waals surface area contributed by atoms with Crippen molar-refractivity contribution in [2.75, 3.05) is 52.5 Å². The molecule has 2 atom stereocenters. The Balaban J connectivity index is 1.45. The van der Waals surface area contributed by atoms with Gasteiger partial charge in [-0.25, -0.2) is 0 Å². The molecule has 0 aliphatic carbocycles. The average molecular weight is 685 g/mol. The van der Waals surface area contributed by atoms with Gasteiger partial charge in [0, 0.05) is 44.1 Å². The van der Waals surface area contributed by atoms with E-state index in [1.54, 1.807) is 20.3 Å². The summed E-state index contributed by atoms with van der Waals surface area (Å²) in [6, 6.07) is 21.1. The fourth-order valence-electron chi connectivity index (χ4n) is 5.56. The topological polar surface area (TPSA) is 55.4 Å². The lowest BCUT2D eigenvalue weighted by molar-refractivity contribution is 0.0507. The summed E-state index contributed by atoms with van der Waals surface area (Å²) in [5.41, 5.74) is 2.98. The van der Waals surface area contributed by atoms with Crippen LogP contribution in [0.3, 0.4) is 0 Å². The quantitative estimate of drug-likeness (QED) is 0.0576. The Kier molecular flexibility index (Phi) is 11.9. The normalized spacial score (nSPS) is 17.3. The number of rotatable bonds is 18. The van der Waals surface area contributed by atoms with Gasteiger partial charge < -0.3 is 28.4 Å². The van der Waals surface area contributed by atoms with Gasteiger partial charge in [-0.1, -0.05) is 36.3 Å². The Hall–Kier alpha value is -3.66. The highest BCUT2D eigenvalue weighted by molar-refractivity contribution is 8.49. The van der Waals surface area contributed by atoms with E-state index in [0.29, 0.717) is 36.0 Å². The van der Waals surface area contributed by atoms with Gasteiger partial charge >= 0.3 is 0 Å². The Morgan fingerprint density at radius 1 is 0.745 bits per heavy atom. The number of hydrogen-bond donors (Lipinski definition) is 0. The van der Waals surface area contributed by atoms with Crippen molar-refractivity contribution in [1.82, 2.24) is 0 Å². The summed E-state index contributed by atoms with van der Waals surface area (Å²) in [7, 11) is -5.07. The van der Waals surface area contributed by atoms with E-state index < -0.39 is 27.8 Å². The lowest BCUT2D eigenvalue weighted by Crippen LogP contribution is -2.25. The summed E-state index contributed by atoms with van der Waals surface area (Å²) in [6.07, 6.45) is 0.310. The molecule has 0 N–H and O–H groups in total. The zero-order valence-electron chi connectivity index (χ0n) is 26.5. The molecule has 1 aliphatic heterocycles. The first-order valence-corrected chi connectivity index (χ1v) is 17.7. The smallest absolute Gasteiger partial charge is 0.188 e. The second-order valence-electron chi connectivity index (χ2n) is 11.5. The molecule has 258 valence electrons. The average Bonchev–Trinajstić information content (AvgIpc) is 3.05. The van der Waals surface area contributed by atoms with E-state index >= 15 is 0 Å². The largest absolute Gasteiger partial charge is 0.494 e. The fourth-order valence-corrected chi connectivity index (χ4v) is 7.40. The van der Waals surface area contributed by atoms with Crippen molar-refractivity contribution < 1.29 is 48.4 Å². The number of fused-ring (bicyclic) bond motifs is 1. The molecule has 6 nitrogen and oxygen atoms in total. The second-order valence-corrected chi connectivity index (χ2v) is 15.1. The van der Waals surface area contributed by atoms with Crippen LogP contribution in [0.1, 0.15) is 60.6 Å². The highest BCUT2D eigenvalue weighted by Gasteiger charge is 2.60. The van der Waals surface area contributed by atoms with Gasteiger partial charge in [0.15, 0.2) is 23.4 Å². The van der Waals surface area contributed by atoms with Crippen molar-refractivity contribution >= 4 is 9.84 Å². The first kappa shape index (κ1) is 36.2. The van der Waals surface area contributed by atoms with Crippen LogP contribution in [-0.4, -0.2) is 52.5 Å². The molecule has 1 heterocycles. The van der Waals surface area contributed by atoms with Gasteiger partial charge in [-0.3, -0.25) is 0 Å². The van der Waals surface area contributed by atoms with Crippen LogP contribution in [-0.2, 0) is 9.47 Å². The molecule has 12 heteroatoms. The SMILES string of the molecule is COCOc1ccc(C2COc3cc(OCOC)ccc3C2c2cccc(OCCCCCS(F)(F)(F)(F)CCCC#CF)c2)cc1. The molecule has 0 spiro atoms. The molecular formula is C35H41F5O6S. The molecule has 0 amide bonds. The lowest BCUT2D eigenvalue weighted by Gasteiger charge is -2.50. The molecule has 3 aromatic carbocycles. The predicted molar refractivity (Wildman–Crippen MR) is 174 cm³/mol. The first-order valence-electron chi connectivity index (χ1n) is 15.3. The summed E-state index contributed by atoms with van der Waals surface area (Å²) < 4.78 is 102. The molecular weight excluding hydrogens is 643 g/mol. The molecule has 0 bridgehead atoms. The zero-order valence-corrected chi connectivity index (χ0v) is 27.3. The second kappa shape index (κ2) is 15.5. The van der Waals surface area contributed by atoms with E-state index in [0.717, 1.165) is 22.9 Å². The lowest BCUT2D eigenvalue weighted by atomic mass is 9.76. The van der Waals surface area contributed by atoms with Crippen LogP contribution in [0, 0.1) is 12.1 Å². The summed E-state index contributed by atoms with van der Waals surface area (Å²) in [4.78, 5) is 0. The summed E-state index contributed by atoms with van der Waals surface area (Å²) in [5.74, 6) is 1.27. The van der Waals surface area contributed by atoms with Crippen LogP contribution in [0.4, 0.5) is 19.9 Å². The van der Waals surface area contributed by atoms with Crippen LogP contribution >= 0.6 is 9.84 Å². The van der Waals surface area contributed by atoms with Crippen LogP contribution in [0.15, 0.2) is 66.7 Å². The number of ether oxygens (including phenoxy) is 6. The van der Waals surface area contributed by atoms with Crippen molar-refractivity contribution in [2.24, 2.45) is 0 Å². The Morgan fingerprint density at radius 3 is 2.15 bits per heavy atom. The predicted octanol–water partition coefficient (Wildman–Crippen LogP) is 9.63. The van der Waals surface area contributed by atoms with E-state index in [1.807, 2.05) is 66.6 Å². The highest BCUT2D eigenvalue weighted by atomic mass is 32.5. The van der Waals surface area contributed by atoms with Crippen molar-refractivity contribution in [3.05, 3.63) is 83.4 Å². The number of halogens is 5. The maximum atomic E-state index is 14.2. The van der Waals surface area contributed by atoms with Crippen LogP contribution in [0.25, 0.3) is 0 Å². The Bertz CT molecular complexity index is 1520. The molecule has 0 saturated heterocycles. The number of benzene rings is 3. The molecule has 0 fully saturated rings. The number of hydrogen-bond acceptors (Lipinski definition) is 6. The van der Waals surface area contributed by atoms with E-state index in [2.05, 4.69) is 0 Å². The van der Waals surface area contributed by atoms with Crippen LogP contribution in [0.2, 0.25) is 0 Å². The van der Waals surface area contributed by atoms with E-state index in [9.17, 15) is 19.9 Å². The van der Waals surface area contributed by atoms with Gasteiger partial charge in [-0.05, 0) is 67.1 Å². The van der Waals surface area contributed by atoms with Crippen molar-refractivity contribution in [3.8, 4) is 35.1 Å². The Labute approximate surface area is 272 Å². The highest BCUT2D eigenvalue weighted by Crippen LogP contribution is 2.96. The molecule has 4 rings (SSSR count). The van der Waals surface area contributed by atoms with Crippen LogP contribution < -0.4 is 18.9 Å². The van der Waals surface area contributed by atoms with Gasteiger partial charge in [0.2, 0.25) is 0 Å². The van der Waals surface area contributed by atoms with Crippen molar-refractivity contribution in [3.63, 3.8) is 0 Å². The molecule has 0 aromatic heterocycles. The third-order valence-electron chi connectivity index (χ3n) is 7.83. The van der Waals surface area contributed by atoms with Crippen molar-refractivity contribution in [1.29, 1.82) is 0 Å². The van der Waals surface area contributed by atoms with Gasteiger partial charge in [0.1, 0.15) is 29.2 Å². The van der Waals surface area contributed by atoms with Gasteiger partial charge in [0.05, 0.1) is 24.7 Å². The summed E-state index contributed by atoms with van der Waals surface area (Å²) in [6.45, 7) is 0.822. The molecule has 1 aliphatic rings. The fraction of sp³-hybridized carbons (Fsp3) is 0.429. The zero-order chi connectivity index (χ0) is 33.8. The minimum absolute atomic E-state index is 0.0600. The molecule has 47 heavy (non-hydrogen) atoms. The van der Waals surface area contributed by atoms with Gasteiger partial charge in [-0.2, -0.15) is 0 Å². The monoisotopic (exact) mass is 684 g/mol. The first-order chi connectivity index (χ1) is 22.4. The minimum atomic E-state index is -8.18. The maximum absolute atomic E-state index is 14.2.